The highest BCUT2D eigenvalue weighted by Gasteiger charge is 2.30. The summed E-state index contributed by atoms with van der Waals surface area (Å²) in [4.78, 5) is 36.8. The Kier molecular flexibility index (Phi) is 7.14. The van der Waals surface area contributed by atoms with E-state index in [4.69, 9.17) is 9.47 Å². The molecule has 0 heterocycles. The molecule has 1 saturated carbocycles. The molecule has 168 valence electrons. The van der Waals surface area contributed by atoms with Crippen LogP contribution in [0.5, 0.6) is 11.5 Å². The summed E-state index contributed by atoms with van der Waals surface area (Å²) in [6.07, 6.45) is 3.36. The van der Waals surface area contributed by atoms with Gasteiger partial charge >= 0.3 is 0 Å². The Morgan fingerprint density at radius 1 is 0.969 bits per heavy atom. The summed E-state index contributed by atoms with van der Waals surface area (Å²) in [7, 11) is 3.05. The number of ether oxygens (including phenoxy) is 2. The van der Waals surface area contributed by atoms with Gasteiger partial charge in [0.2, 0.25) is 11.8 Å². The van der Waals surface area contributed by atoms with Gasteiger partial charge in [-0.05, 0) is 61.2 Å². The maximum absolute atomic E-state index is 13.0. The van der Waals surface area contributed by atoms with Gasteiger partial charge in [0.25, 0.3) is 5.91 Å². The van der Waals surface area contributed by atoms with Gasteiger partial charge in [-0.2, -0.15) is 0 Å². The lowest BCUT2D eigenvalue weighted by Crippen LogP contribution is -2.29. The average Bonchev–Trinajstić information content (AvgIpc) is 3.61. The maximum atomic E-state index is 13.0. The van der Waals surface area contributed by atoms with Crippen LogP contribution < -0.4 is 25.4 Å². The molecule has 8 nitrogen and oxygen atoms in total. The lowest BCUT2D eigenvalue weighted by molar-refractivity contribution is -0.120. The number of methoxy groups -OCH3 is 2. The monoisotopic (exact) mass is 437 g/mol. The van der Waals surface area contributed by atoms with E-state index in [2.05, 4.69) is 16.0 Å². The molecule has 32 heavy (non-hydrogen) atoms. The Labute approximate surface area is 187 Å². The quantitative estimate of drug-likeness (QED) is 0.549. The number of amides is 3. The number of carbonyl (C=O) groups is 3. The molecule has 0 radical (unpaired) electrons. The van der Waals surface area contributed by atoms with E-state index in [1.54, 1.807) is 42.5 Å². The Morgan fingerprint density at radius 2 is 1.62 bits per heavy atom. The Morgan fingerprint density at radius 3 is 2.22 bits per heavy atom. The second kappa shape index (κ2) is 10.00. The van der Waals surface area contributed by atoms with Crippen LogP contribution in [0.3, 0.4) is 0 Å². The molecule has 0 aromatic heterocycles. The van der Waals surface area contributed by atoms with Gasteiger partial charge in [0.1, 0.15) is 5.70 Å². The third kappa shape index (κ3) is 5.66. The topological polar surface area (TPSA) is 106 Å². The molecule has 0 spiro atoms. The van der Waals surface area contributed by atoms with Crippen LogP contribution in [0.2, 0.25) is 0 Å². The second-order valence-electron chi connectivity index (χ2n) is 7.55. The first-order valence-electron chi connectivity index (χ1n) is 10.3. The van der Waals surface area contributed by atoms with Crippen molar-refractivity contribution in [3.8, 4) is 11.5 Å². The van der Waals surface area contributed by atoms with Crippen molar-refractivity contribution in [1.29, 1.82) is 0 Å². The number of nitrogens with one attached hydrogen (secondary N) is 3. The van der Waals surface area contributed by atoms with Crippen molar-refractivity contribution in [1.82, 2.24) is 5.32 Å². The van der Waals surface area contributed by atoms with Gasteiger partial charge < -0.3 is 25.4 Å². The van der Waals surface area contributed by atoms with Gasteiger partial charge in [0, 0.05) is 24.2 Å². The van der Waals surface area contributed by atoms with E-state index in [-0.39, 0.29) is 23.4 Å². The normalized spacial score (nSPS) is 13.2. The van der Waals surface area contributed by atoms with Crippen LogP contribution in [0.15, 0.2) is 42.1 Å². The predicted molar refractivity (Wildman–Crippen MR) is 123 cm³/mol. The smallest absolute Gasteiger partial charge is 0.272 e. The number of hydrogen-bond donors (Lipinski definition) is 3. The molecule has 0 bridgehead atoms. The van der Waals surface area contributed by atoms with Gasteiger partial charge in [0.05, 0.1) is 14.2 Å². The standard InChI is InChI=1S/C24H27N3O5/c1-14-18(26-23(29)17-9-10-17)6-5-7-19(14)27-24(30)20(25-15(2)28)12-16-8-11-21(31-3)22(13-16)32-4/h5-8,11-13,17H,9-10H2,1-4H3,(H,25,28)(H,26,29)(H,27,30)/b20-12-. The number of carbonyl (C=O) groups excluding carboxylic acids is 3. The molecule has 1 aliphatic carbocycles. The molecule has 2 aromatic rings. The molecule has 0 unspecified atom stereocenters. The molecule has 1 aliphatic rings. The van der Waals surface area contributed by atoms with Crippen molar-refractivity contribution in [3.05, 3.63) is 53.2 Å². The highest BCUT2D eigenvalue weighted by molar-refractivity contribution is 6.09. The molecule has 2 aromatic carbocycles. The highest BCUT2D eigenvalue weighted by atomic mass is 16.5. The highest BCUT2D eigenvalue weighted by Crippen LogP contribution is 2.32. The Hall–Kier alpha value is -3.81. The fourth-order valence-corrected chi connectivity index (χ4v) is 3.13. The van der Waals surface area contributed by atoms with Crippen molar-refractivity contribution in [2.45, 2.75) is 26.7 Å². The summed E-state index contributed by atoms with van der Waals surface area (Å²) in [5.74, 6) is 0.236. The van der Waals surface area contributed by atoms with E-state index in [1.807, 2.05) is 6.92 Å². The molecule has 3 N–H and O–H groups in total. The fourth-order valence-electron chi connectivity index (χ4n) is 3.13. The summed E-state index contributed by atoms with van der Waals surface area (Å²) in [5, 5.41) is 8.30. The first-order valence-corrected chi connectivity index (χ1v) is 10.3. The third-order valence-corrected chi connectivity index (χ3v) is 5.06. The van der Waals surface area contributed by atoms with Gasteiger partial charge in [-0.25, -0.2) is 0 Å². The first kappa shape index (κ1) is 22.9. The lowest BCUT2D eigenvalue weighted by atomic mass is 10.1. The summed E-state index contributed by atoms with van der Waals surface area (Å²) >= 11 is 0. The zero-order valence-corrected chi connectivity index (χ0v) is 18.6. The van der Waals surface area contributed by atoms with Gasteiger partial charge in [-0.1, -0.05) is 12.1 Å². The predicted octanol–water partition coefficient (Wildman–Crippen LogP) is 3.48. The second-order valence-corrected chi connectivity index (χ2v) is 7.55. The molecular weight excluding hydrogens is 410 g/mol. The Balaban J connectivity index is 1.84. The molecule has 0 atom stereocenters. The summed E-state index contributed by atoms with van der Waals surface area (Å²) in [5.41, 5.74) is 2.61. The molecule has 0 saturated heterocycles. The van der Waals surface area contributed by atoms with Crippen molar-refractivity contribution < 1.29 is 23.9 Å². The van der Waals surface area contributed by atoms with Crippen LogP contribution in [0.4, 0.5) is 11.4 Å². The molecular formula is C24H27N3O5. The number of hydrogen-bond acceptors (Lipinski definition) is 5. The zero-order chi connectivity index (χ0) is 23.3. The summed E-state index contributed by atoms with van der Waals surface area (Å²) in [6, 6.07) is 10.4. The van der Waals surface area contributed by atoms with E-state index in [0.29, 0.717) is 28.4 Å². The first-order chi connectivity index (χ1) is 15.3. The fraction of sp³-hybridized carbons (Fsp3) is 0.292. The number of rotatable bonds is 8. The largest absolute Gasteiger partial charge is 0.493 e. The average molecular weight is 437 g/mol. The van der Waals surface area contributed by atoms with Crippen molar-refractivity contribution in [3.63, 3.8) is 0 Å². The van der Waals surface area contributed by atoms with Crippen molar-refractivity contribution >= 4 is 35.2 Å². The zero-order valence-electron chi connectivity index (χ0n) is 18.6. The van der Waals surface area contributed by atoms with E-state index in [0.717, 1.165) is 18.4 Å². The van der Waals surface area contributed by atoms with E-state index in [1.165, 1.54) is 21.1 Å². The molecule has 0 aliphatic heterocycles. The van der Waals surface area contributed by atoms with Crippen LogP contribution in [0.25, 0.3) is 6.08 Å². The minimum absolute atomic E-state index is 0.0103. The third-order valence-electron chi connectivity index (χ3n) is 5.06. The van der Waals surface area contributed by atoms with E-state index < -0.39 is 5.91 Å². The summed E-state index contributed by atoms with van der Waals surface area (Å²) in [6.45, 7) is 3.14. The molecule has 3 amide bonds. The summed E-state index contributed by atoms with van der Waals surface area (Å²) < 4.78 is 10.5. The van der Waals surface area contributed by atoms with Crippen molar-refractivity contribution in [2.75, 3.05) is 24.9 Å². The minimum atomic E-state index is -0.497. The van der Waals surface area contributed by atoms with Crippen LogP contribution >= 0.6 is 0 Å². The van der Waals surface area contributed by atoms with Gasteiger partial charge in [-0.3, -0.25) is 14.4 Å². The van der Waals surface area contributed by atoms with Crippen molar-refractivity contribution in [2.24, 2.45) is 5.92 Å². The molecule has 3 rings (SSSR count). The number of benzene rings is 2. The molecule has 8 heteroatoms. The maximum Gasteiger partial charge on any atom is 0.272 e. The van der Waals surface area contributed by atoms with Crippen LogP contribution in [-0.2, 0) is 14.4 Å². The van der Waals surface area contributed by atoms with Gasteiger partial charge in [0.15, 0.2) is 11.5 Å². The SMILES string of the molecule is COc1ccc(/C=C(\NC(C)=O)C(=O)Nc2cccc(NC(=O)C3CC3)c2C)cc1OC. The van der Waals surface area contributed by atoms with Crippen LogP contribution in [0, 0.1) is 12.8 Å². The number of anilines is 2. The lowest BCUT2D eigenvalue weighted by Gasteiger charge is -2.15. The van der Waals surface area contributed by atoms with Crippen LogP contribution in [-0.4, -0.2) is 31.9 Å². The minimum Gasteiger partial charge on any atom is -0.493 e. The van der Waals surface area contributed by atoms with Gasteiger partial charge in [-0.15, -0.1) is 0 Å². The van der Waals surface area contributed by atoms with E-state index in [9.17, 15) is 14.4 Å². The van der Waals surface area contributed by atoms with E-state index >= 15 is 0 Å². The van der Waals surface area contributed by atoms with Crippen LogP contribution in [0.1, 0.15) is 30.9 Å². The Bertz CT molecular complexity index is 1070. The molecule has 1 fully saturated rings.